The molecule has 0 spiro atoms. The maximum atomic E-state index is 2.39. The fraction of sp³-hybridized carbons (Fsp3) is 0.0833. The highest BCUT2D eigenvalue weighted by molar-refractivity contribution is 6.15. The molecule has 0 aromatic heterocycles. The average molecular weight is 306 g/mol. The number of hydrogen-bond acceptors (Lipinski definition) is 0. The molecule has 24 heavy (non-hydrogen) atoms. The lowest BCUT2D eigenvalue weighted by Gasteiger charge is -2.10. The molecule has 0 aliphatic heterocycles. The number of aryl methyl sites for hydroxylation is 1. The maximum absolute atomic E-state index is 2.39. The lowest BCUT2D eigenvalue weighted by atomic mass is 9.94. The van der Waals surface area contributed by atoms with Crippen molar-refractivity contribution in [3.63, 3.8) is 0 Å². The average Bonchev–Trinajstić information content (AvgIpc) is 2.64. The first-order valence-electron chi connectivity index (χ1n) is 8.60. The van der Waals surface area contributed by atoms with Gasteiger partial charge in [0.15, 0.2) is 0 Å². The Balaban J connectivity index is 1.97. The molecule has 0 fully saturated rings. The van der Waals surface area contributed by atoms with Crippen LogP contribution in [0.1, 0.15) is 12.5 Å². The Morgan fingerprint density at radius 3 is 1.83 bits per heavy atom. The quantitative estimate of drug-likeness (QED) is 0.234. The van der Waals surface area contributed by atoms with E-state index in [0.717, 1.165) is 6.42 Å². The second-order valence-corrected chi connectivity index (χ2v) is 6.55. The summed E-state index contributed by atoms with van der Waals surface area (Å²) in [6.45, 7) is 2.23. The van der Waals surface area contributed by atoms with E-state index in [0.29, 0.717) is 0 Å². The molecule has 0 atom stereocenters. The van der Waals surface area contributed by atoms with Gasteiger partial charge in [0, 0.05) is 0 Å². The highest BCUT2D eigenvalue weighted by atomic mass is 14.1. The summed E-state index contributed by atoms with van der Waals surface area (Å²) in [4.78, 5) is 0. The Morgan fingerprint density at radius 2 is 1.08 bits per heavy atom. The number of benzene rings is 5. The summed E-state index contributed by atoms with van der Waals surface area (Å²) in [7, 11) is 0. The van der Waals surface area contributed by atoms with Crippen LogP contribution in [0.15, 0.2) is 78.9 Å². The van der Waals surface area contributed by atoms with E-state index in [9.17, 15) is 0 Å². The van der Waals surface area contributed by atoms with E-state index < -0.39 is 0 Å². The molecule has 0 N–H and O–H groups in total. The highest BCUT2D eigenvalue weighted by Gasteiger charge is 2.06. The van der Waals surface area contributed by atoms with E-state index in [1.54, 1.807) is 0 Å². The van der Waals surface area contributed by atoms with Crippen LogP contribution in [-0.2, 0) is 6.42 Å². The molecule has 0 amide bonds. The van der Waals surface area contributed by atoms with Crippen LogP contribution < -0.4 is 0 Å². The maximum Gasteiger partial charge on any atom is -0.00987 e. The number of rotatable bonds is 1. The third kappa shape index (κ3) is 1.93. The topological polar surface area (TPSA) is 0 Å². The Kier molecular flexibility index (Phi) is 2.87. The molecular formula is C24H18. The molecule has 0 heterocycles. The minimum Gasteiger partial charge on any atom is -0.0616 e. The van der Waals surface area contributed by atoms with E-state index in [-0.39, 0.29) is 0 Å². The van der Waals surface area contributed by atoms with Gasteiger partial charge < -0.3 is 0 Å². The zero-order valence-electron chi connectivity index (χ0n) is 13.7. The van der Waals surface area contributed by atoms with Crippen LogP contribution in [0.4, 0.5) is 0 Å². The van der Waals surface area contributed by atoms with Crippen LogP contribution in [0, 0.1) is 0 Å². The van der Waals surface area contributed by atoms with Crippen molar-refractivity contribution in [3.8, 4) is 0 Å². The van der Waals surface area contributed by atoms with Crippen molar-refractivity contribution in [2.75, 3.05) is 0 Å². The zero-order valence-corrected chi connectivity index (χ0v) is 13.7. The third-order valence-corrected chi connectivity index (χ3v) is 5.17. The van der Waals surface area contributed by atoms with Gasteiger partial charge in [0.1, 0.15) is 0 Å². The molecule has 0 nitrogen and oxygen atoms in total. The molecule has 0 heteroatoms. The normalized spacial score (nSPS) is 11.7. The van der Waals surface area contributed by atoms with Gasteiger partial charge >= 0.3 is 0 Å². The van der Waals surface area contributed by atoms with Gasteiger partial charge in [-0.25, -0.2) is 0 Å². The van der Waals surface area contributed by atoms with E-state index in [1.165, 1.54) is 48.7 Å². The van der Waals surface area contributed by atoms with Crippen molar-refractivity contribution in [1.82, 2.24) is 0 Å². The highest BCUT2D eigenvalue weighted by Crippen LogP contribution is 2.33. The predicted molar refractivity (Wildman–Crippen MR) is 106 cm³/mol. The second-order valence-electron chi connectivity index (χ2n) is 6.55. The smallest absolute Gasteiger partial charge is 0.00987 e. The summed E-state index contributed by atoms with van der Waals surface area (Å²) in [5.41, 5.74) is 1.42. The van der Waals surface area contributed by atoms with Crippen molar-refractivity contribution < 1.29 is 0 Å². The summed E-state index contributed by atoms with van der Waals surface area (Å²) in [6, 6.07) is 29.1. The van der Waals surface area contributed by atoms with Crippen LogP contribution in [0.5, 0.6) is 0 Å². The molecule has 5 rings (SSSR count). The second kappa shape index (κ2) is 5.07. The first kappa shape index (κ1) is 13.6. The van der Waals surface area contributed by atoms with E-state index in [4.69, 9.17) is 0 Å². The molecule has 0 radical (unpaired) electrons. The summed E-state index contributed by atoms with van der Waals surface area (Å²) < 4.78 is 0. The molecule has 0 bridgehead atoms. The van der Waals surface area contributed by atoms with Crippen LogP contribution in [0.3, 0.4) is 0 Å². The van der Waals surface area contributed by atoms with E-state index in [1.807, 2.05) is 0 Å². The first-order chi connectivity index (χ1) is 11.8. The molecular weight excluding hydrogens is 288 g/mol. The van der Waals surface area contributed by atoms with Gasteiger partial charge in [0.25, 0.3) is 0 Å². The van der Waals surface area contributed by atoms with Crippen molar-refractivity contribution in [1.29, 1.82) is 0 Å². The van der Waals surface area contributed by atoms with Crippen LogP contribution in [0.25, 0.3) is 43.1 Å². The molecule has 5 aromatic carbocycles. The van der Waals surface area contributed by atoms with Crippen LogP contribution in [-0.4, -0.2) is 0 Å². The number of hydrogen-bond donors (Lipinski definition) is 0. The van der Waals surface area contributed by atoms with Gasteiger partial charge in [-0.05, 0) is 79.3 Å². The lowest BCUT2D eigenvalue weighted by molar-refractivity contribution is 1.16. The fourth-order valence-corrected chi connectivity index (χ4v) is 3.90. The monoisotopic (exact) mass is 306 g/mol. The fourth-order valence-electron chi connectivity index (χ4n) is 3.90. The molecule has 5 aromatic rings. The summed E-state index contributed by atoms with van der Waals surface area (Å²) in [5.74, 6) is 0. The van der Waals surface area contributed by atoms with Crippen molar-refractivity contribution >= 4 is 43.1 Å². The molecule has 114 valence electrons. The first-order valence-corrected chi connectivity index (χ1v) is 8.60. The van der Waals surface area contributed by atoms with Gasteiger partial charge in [-0.2, -0.15) is 0 Å². The summed E-state index contributed by atoms with van der Waals surface area (Å²) in [5, 5.41) is 10.7. The Bertz CT molecular complexity index is 1230. The van der Waals surface area contributed by atoms with Gasteiger partial charge in [-0.1, -0.05) is 61.5 Å². The SMILES string of the molecule is CCc1cccc2cc3ccc4cc5ccccc5cc4c3cc12. The Labute approximate surface area is 141 Å². The van der Waals surface area contributed by atoms with Crippen molar-refractivity contribution in [3.05, 3.63) is 84.4 Å². The van der Waals surface area contributed by atoms with Gasteiger partial charge in [-0.15, -0.1) is 0 Å². The summed E-state index contributed by atoms with van der Waals surface area (Å²) in [6.07, 6.45) is 1.07. The minimum absolute atomic E-state index is 1.07. The molecule has 0 saturated carbocycles. The van der Waals surface area contributed by atoms with Crippen LogP contribution in [0.2, 0.25) is 0 Å². The van der Waals surface area contributed by atoms with Gasteiger partial charge in [-0.3, -0.25) is 0 Å². The third-order valence-electron chi connectivity index (χ3n) is 5.17. The summed E-state index contributed by atoms with van der Waals surface area (Å²) >= 11 is 0. The Hall–Kier alpha value is -2.86. The van der Waals surface area contributed by atoms with Crippen molar-refractivity contribution in [2.24, 2.45) is 0 Å². The van der Waals surface area contributed by atoms with E-state index in [2.05, 4.69) is 85.8 Å². The van der Waals surface area contributed by atoms with Crippen LogP contribution >= 0.6 is 0 Å². The van der Waals surface area contributed by atoms with Gasteiger partial charge in [0.05, 0.1) is 0 Å². The standard InChI is InChI=1S/C24H18/c1-2-16-8-5-9-19-13-21-11-10-20-12-17-6-3-4-7-18(17)14-23(20)24(21)15-22(16)19/h3-15H,2H2,1H3. The molecule has 0 aliphatic rings. The zero-order chi connectivity index (χ0) is 16.1. The largest absolute Gasteiger partial charge is 0.0616 e. The minimum atomic E-state index is 1.07. The van der Waals surface area contributed by atoms with E-state index >= 15 is 0 Å². The molecule has 0 unspecified atom stereocenters. The predicted octanol–water partition coefficient (Wildman–Crippen LogP) is 6.86. The van der Waals surface area contributed by atoms with Crippen molar-refractivity contribution in [2.45, 2.75) is 13.3 Å². The van der Waals surface area contributed by atoms with Gasteiger partial charge in [0.2, 0.25) is 0 Å². The Morgan fingerprint density at radius 1 is 0.500 bits per heavy atom. The molecule has 0 saturated heterocycles. The lowest BCUT2D eigenvalue weighted by Crippen LogP contribution is -1.85. The number of fused-ring (bicyclic) bond motifs is 5. The molecule has 0 aliphatic carbocycles.